The molecule has 12 heavy (non-hydrogen) atoms. The van der Waals surface area contributed by atoms with Gasteiger partial charge in [-0.3, -0.25) is 0 Å². The van der Waals surface area contributed by atoms with Crippen molar-refractivity contribution in [2.24, 2.45) is 5.73 Å². The van der Waals surface area contributed by atoms with Crippen molar-refractivity contribution in [2.45, 2.75) is 12.5 Å². The Labute approximate surface area is 69.3 Å². The predicted molar refractivity (Wildman–Crippen MR) is 39.5 cm³/mol. The van der Waals surface area contributed by atoms with Gasteiger partial charge in [-0.05, 0) is 23.3 Å². The summed E-state index contributed by atoms with van der Waals surface area (Å²) in [5.41, 5.74) is 5.54. The number of hydrogen-bond acceptors (Lipinski definition) is 6. The van der Waals surface area contributed by atoms with Crippen LogP contribution in [0.25, 0.3) is 0 Å². The number of nitrogens with two attached hydrogens (primary N) is 1. The average Bonchev–Trinajstić information content (AvgIpc) is 2.51. The Kier molecular flexibility index (Phi) is 3.01. The van der Waals surface area contributed by atoms with E-state index in [1.807, 2.05) is 0 Å². The Hall–Kier alpha value is -1.14. The summed E-state index contributed by atoms with van der Waals surface area (Å²) in [6, 6.07) is 0. The van der Waals surface area contributed by atoms with Crippen molar-refractivity contribution in [3.63, 3.8) is 0 Å². The normalized spacial score (nSPS) is 12.9. The molecule has 0 fully saturated rings. The van der Waals surface area contributed by atoms with E-state index < -0.39 is 6.10 Å². The smallest absolute Gasteiger partial charge is 0.281 e. The molecule has 0 aliphatic rings. The van der Waals surface area contributed by atoms with Crippen LogP contribution in [-0.4, -0.2) is 29.1 Å². The monoisotopic (exact) mass is 173 g/mol. The van der Waals surface area contributed by atoms with Crippen LogP contribution in [-0.2, 0) is 0 Å². The Morgan fingerprint density at radius 3 is 3.00 bits per heavy atom. The van der Waals surface area contributed by atoms with Crippen molar-refractivity contribution in [1.29, 1.82) is 0 Å². The standard InChI is InChI=1S/C6H11N3O3/c1-11-6-5(8-12-9-6)4(10)2-3-7/h4,10H,2-3,7H2,1H3. The summed E-state index contributed by atoms with van der Waals surface area (Å²) in [5, 5.41) is 16.3. The summed E-state index contributed by atoms with van der Waals surface area (Å²) in [5.74, 6) is 0.205. The van der Waals surface area contributed by atoms with Crippen LogP contribution >= 0.6 is 0 Å². The lowest BCUT2D eigenvalue weighted by molar-refractivity contribution is 0.156. The van der Waals surface area contributed by atoms with Gasteiger partial charge in [-0.25, -0.2) is 4.63 Å². The average molecular weight is 173 g/mol. The highest BCUT2D eigenvalue weighted by Crippen LogP contribution is 2.21. The molecule has 6 heteroatoms. The summed E-state index contributed by atoms with van der Waals surface area (Å²) in [6.07, 6.45) is -0.360. The van der Waals surface area contributed by atoms with Gasteiger partial charge in [-0.1, -0.05) is 0 Å². The molecule has 3 N–H and O–H groups in total. The highest BCUT2D eigenvalue weighted by Gasteiger charge is 2.18. The summed E-state index contributed by atoms with van der Waals surface area (Å²) in [7, 11) is 1.43. The van der Waals surface area contributed by atoms with E-state index in [1.165, 1.54) is 7.11 Å². The zero-order chi connectivity index (χ0) is 8.97. The number of rotatable bonds is 4. The van der Waals surface area contributed by atoms with Crippen LogP contribution in [0, 0.1) is 0 Å². The lowest BCUT2D eigenvalue weighted by atomic mass is 10.2. The largest absolute Gasteiger partial charge is 0.477 e. The molecule has 0 radical (unpaired) electrons. The van der Waals surface area contributed by atoms with Gasteiger partial charge in [0.1, 0.15) is 6.10 Å². The van der Waals surface area contributed by atoms with Crippen molar-refractivity contribution in [1.82, 2.24) is 10.3 Å². The summed E-state index contributed by atoms with van der Waals surface area (Å²) in [4.78, 5) is 0. The van der Waals surface area contributed by atoms with Crippen molar-refractivity contribution in [2.75, 3.05) is 13.7 Å². The van der Waals surface area contributed by atoms with Gasteiger partial charge < -0.3 is 15.6 Å². The lowest BCUT2D eigenvalue weighted by Gasteiger charge is -2.04. The Morgan fingerprint density at radius 1 is 1.67 bits per heavy atom. The minimum absolute atomic E-state index is 0.205. The first-order chi connectivity index (χ1) is 5.79. The van der Waals surface area contributed by atoms with Crippen LogP contribution in [0.2, 0.25) is 0 Å². The van der Waals surface area contributed by atoms with E-state index in [0.717, 1.165) is 0 Å². The maximum Gasteiger partial charge on any atom is 0.281 e. The molecular weight excluding hydrogens is 162 g/mol. The van der Waals surface area contributed by atoms with Crippen LogP contribution in [0.1, 0.15) is 18.2 Å². The fourth-order valence-corrected chi connectivity index (χ4v) is 0.827. The van der Waals surface area contributed by atoms with Gasteiger partial charge in [0.2, 0.25) is 0 Å². The second-order valence-electron chi connectivity index (χ2n) is 2.25. The van der Waals surface area contributed by atoms with E-state index in [2.05, 4.69) is 14.9 Å². The van der Waals surface area contributed by atoms with Crippen LogP contribution in [0.5, 0.6) is 5.88 Å². The van der Waals surface area contributed by atoms with Crippen LogP contribution in [0.3, 0.4) is 0 Å². The van der Waals surface area contributed by atoms with E-state index in [9.17, 15) is 5.11 Å². The number of hydrogen-bond donors (Lipinski definition) is 2. The summed E-state index contributed by atoms with van der Waals surface area (Å²) >= 11 is 0. The van der Waals surface area contributed by atoms with Gasteiger partial charge in [-0.2, -0.15) is 0 Å². The third-order valence-corrected chi connectivity index (χ3v) is 1.43. The van der Waals surface area contributed by atoms with E-state index in [4.69, 9.17) is 10.5 Å². The van der Waals surface area contributed by atoms with E-state index in [1.54, 1.807) is 0 Å². The molecule has 68 valence electrons. The van der Waals surface area contributed by atoms with Gasteiger partial charge in [0.15, 0.2) is 5.69 Å². The Balaban J connectivity index is 2.71. The van der Waals surface area contributed by atoms with E-state index >= 15 is 0 Å². The third kappa shape index (κ3) is 1.72. The molecule has 0 bridgehead atoms. The quantitative estimate of drug-likeness (QED) is 0.635. The molecule has 0 aromatic carbocycles. The molecule has 1 aromatic rings. The minimum atomic E-state index is -0.767. The van der Waals surface area contributed by atoms with Crippen molar-refractivity contribution in [3.05, 3.63) is 5.69 Å². The fraction of sp³-hybridized carbons (Fsp3) is 0.667. The fourth-order valence-electron chi connectivity index (χ4n) is 0.827. The van der Waals surface area contributed by atoms with Gasteiger partial charge in [-0.15, -0.1) is 0 Å². The van der Waals surface area contributed by atoms with Gasteiger partial charge >= 0.3 is 0 Å². The molecule has 6 nitrogen and oxygen atoms in total. The van der Waals surface area contributed by atoms with Gasteiger partial charge in [0.25, 0.3) is 5.88 Å². The van der Waals surface area contributed by atoms with Gasteiger partial charge in [0.05, 0.1) is 7.11 Å². The zero-order valence-electron chi connectivity index (χ0n) is 6.73. The maximum atomic E-state index is 9.40. The summed E-state index contributed by atoms with van der Waals surface area (Å²) < 4.78 is 9.16. The molecule has 1 rings (SSSR count). The minimum Gasteiger partial charge on any atom is -0.477 e. The number of aliphatic hydroxyl groups excluding tert-OH is 1. The molecule has 0 aliphatic carbocycles. The SMILES string of the molecule is COc1nonc1C(O)CCN. The first-order valence-electron chi connectivity index (χ1n) is 3.54. The molecular formula is C6H11N3O3. The van der Waals surface area contributed by atoms with Gasteiger partial charge in [0, 0.05) is 0 Å². The molecule has 0 saturated carbocycles. The molecule has 0 saturated heterocycles. The molecule has 0 amide bonds. The van der Waals surface area contributed by atoms with Crippen molar-refractivity contribution in [3.8, 4) is 5.88 Å². The van der Waals surface area contributed by atoms with E-state index in [0.29, 0.717) is 18.7 Å². The first kappa shape index (κ1) is 8.95. The topological polar surface area (TPSA) is 94.4 Å². The number of methoxy groups -OCH3 is 1. The number of ether oxygens (including phenoxy) is 1. The maximum absolute atomic E-state index is 9.40. The molecule has 1 aromatic heterocycles. The van der Waals surface area contributed by atoms with Crippen LogP contribution in [0.4, 0.5) is 0 Å². The lowest BCUT2D eigenvalue weighted by Crippen LogP contribution is -2.07. The summed E-state index contributed by atoms with van der Waals surface area (Å²) in [6.45, 7) is 0.372. The molecule has 1 unspecified atom stereocenters. The highest BCUT2D eigenvalue weighted by molar-refractivity contribution is 5.16. The predicted octanol–water partition coefficient (Wildman–Crippen LogP) is -0.540. The van der Waals surface area contributed by atoms with Crippen molar-refractivity contribution < 1.29 is 14.5 Å². The Morgan fingerprint density at radius 2 is 2.42 bits per heavy atom. The molecule has 1 atom stereocenters. The second-order valence-corrected chi connectivity index (χ2v) is 2.25. The van der Waals surface area contributed by atoms with Crippen LogP contribution < -0.4 is 10.5 Å². The molecule has 0 spiro atoms. The second kappa shape index (κ2) is 4.03. The number of aliphatic hydroxyl groups is 1. The van der Waals surface area contributed by atoms with Crippen molar-refractivity contribution >= 4 is 0 Å². The third-order valence-electron chi connectivity index (χ3n) is 1.43. The number of nitrogens with zero attached hydrogens (tertiary/aromatic N) is 2. The Bertz CT molecular complexity index is 238. The van der Waals surface area contributed by atoms with E-state index in [-0.39, 0.29) is 5.88 Å². The highest BCUT2D eigenvalue weighted by atomic mass is 16.6. The van der Waals surface area contributed by atoms with Crippen LogP contribution in [0.15, 0.2) is 4.63 Å². The molecule has 0 aliphatic heterocycles. The molecule has 1 heterocycles. The zero-order valence-corrected chi connectivity index (χ0v) is 6.73. The number of aromatic nitrogens is 2. The first-order valence-corrected chi connectivity index (χ1v) is 3.54.